The Morgan fingerprint density at radius 3 is 2.37 bits per heavy atom. The van der Waals surface area contributed by atoms with Gasteiger partial charge in [-0.25, -0.2) is 0 Å². The van der Waals surface area contributed by atoms with Gasteiger partial charge in [-0.2, -0.15) is 0 Å². The predicted octanol–water partition coefficient (Wildman–Crippen LogP) is 6.15. The first-order chi connectivity index (χ1) is 12.9. The highest BCUT2D eigenvalue weighted by molar-refractivity contribution is 6.42. The molecule has 1 aliphatic heterocycles. The maximum absolute atomic E-state index is 11.9. The van der Waals surface area contributed by atoms with Gasteiger partial charge in [0.15, 0.2) is 0 Å². The van der Waals surface area contributed by atoms with Crippen LogP contribution < -0.4 is 0 Å². The van der Waals surface area contributed by atoms with Gasteiger partial charge in [0.05, 0.1) is 16.1 Å². The second-order valence-electron chi connectivity index (χ2n) is 7.45. The van der Waals surface area contributed by atoms with Crippen LogP contribution in [0.5, 0.6) is 0 Å². The minimum absolute atomic E-state index is 0.237. The highest BCUT2D eigenvalue weighted by Crippen LogP contribution is 2.40. The van der Waals surface area contributed by atoms with Crippen LogP contribution in [0, 0.1) is 0 Å². The van der Waals surface area contributed by atoms with Crippen LogP contribution in [-0.2, 0) is 4.79 Å². The van der Waals surface area contributed by atoms with E-state index in [4.69, 9.17) is 23.2 Å². The van der Waals surface area contributed by atoms with Crippen LogP contribution in [0.25, 0.3) is 0 Å². The summed E-state index contributed by atoms with van der Waals surface area (Å²) in [7, 11) is 0. The fourth-order valence-corrected chi connectivity index (χ4v) is 4.28. The monoisotopic (exact) mass is 405 g/mol. The molecule has 144 valence electrons. The number of halogens is 2. The normalized spacial score (nSPS) is 19.2. The second-order valence-corrected chi connectivity index (χ2v) is 8.24. The maximum Gasteiger partial charge on any atom is 0.320 e. The molecule has 1 saturated heterocycles. The first-order valence-corrected chi connectivity index (χ1v) is 10.2. The van der Waals surface area contributed by atoms with Crippen LogP contribution in [0.3, 0.4) is 0 Å². The second kappa shape index (κ2) is 8.64. The molecular formula is C22H25Cl2NO2. The van der Waals surface area contributed by atoms with Crippen molar-refractivity contribution in [2.75, 3.05) is 6.54 Å². The number of likely N-dealkylation sites (tertiary alicyclic amines) is 1. The number of carbonyl (C=O) groups is 1. The van der Waals surface area contributed by atoms with Gasteiger partial charge in [-0.1, -0.05) is 79.9 Å². The van der Waals surface area contributed by atoms with Gasteiger partial charge < -0.3 is 5.11 Å². The zero-order valence-corrected chi connectivity index (χ0v) is 17.2. The molecule has 2 aromatic rings. The number of benzene rings is 2. The fraction of sp³-hybridized carbons (Fsp3) is 0.409. The molecule has 1 fully saturated rings. The molecule has 1 heterocycles. The molecule has 0 aromatic heterocycles. The standard InChI is InChI=1S/C22H25Cl2NO2/c1-14(2)15-9-11-16(12-10-15)21(17-6-5-7-18(23)20(17)24)25-13-4-3-8-19(25)22(26)27/h5-7,9-12,14,19,21H,3-4,8,13H2,1-2H3,(H,26,27). The molecule has 0 bridgehead atoms. The SMILES string of the molecule is CC(C)c1ccc(C(c2cccc(Cl)c2Cl)N2CCCCC2C(=O)O)cc1. The summed E-state index contributed by atoms with van der Waals surface area (Å²) in [5.41, 5.74) is 3.15. The molecule has 2 unspecified atom stereocenters. The van der Waals surface area contributed by atoms with Crippen molar-refractivity contribution in [3.63, 3.8) is 0 Å². The van der Waals surface area contributed by atoms with Crippen LogP contribution in [-0.4, -0.2) is 28.6 Å². The van der Waals surface area contributed by atoms with E-state index in [9.17, 15) is 9.90 Å². The lowest BCUT2D eigenvalue weighted by molar-refractivity contribution is -0.145. The molecule has 0 saturated carbocycles. The first kappa shape index (κ1) is 20.2. The summed E-state index contributed by atoms with van der Waals surface area (Å²) in [4.78, 5) is 14.0. The minimum atomic E-state index is -0.781. The first-order valence-electron chi connectivity index (χ1n) is 9.42. The van der Waals surface area contributed by atoms with E-state index in [1.807, 2.05) is 12.1 Å². The summed E-state index contributed by atoms with van der Waals surface area (Å²) >= 11 is 12.8. The van der Waals surface area contributed by atoms with E-state index in [1.165, 1.54) is 5.56 Å². The lowest BCUT2D eigenvalue weighted by atomic mass is 9.90. The van der Waals surface area contributed by atoms with Gasteiger partial charge >= 0.3 is 5.97 Å². The van der Waals surface area contributed by atoms with Crippen molar-refractivity contribution >= 4 is 29.2 Å². The van der Waals surface area contributed by atoms with Crippen LogP contribution >= 0.6 is 23.2 Å². The number of carboxylic acids is 1. The molecule has 2 aromatic carbocycles. The van der Waals surface area contributed by atoms with Crippen molar-refractivity contribution in [3.8, 4) is 0 Å². The van der Waals surface area contributed by atoms with Gasteiger partial charge in [0.2, 0.25) is 0 Å². The van der Waals surface area contributed by atoms with Crippen molar-refractivity contribution in [2.45, 2.75) is 51.1 Å². The van der Waals surface area contributed by atoms with E-state index in [1.54, 1.807) is 6.07 Å². The molecule has 3 rings (SSSR count). The summed E-state index contributed by atoms with van der Waals surface area (Å²) in [6.45, 7) is 5.03. The topological polar surface area (TPSA) is 40.5 Å². The Morgan fingerprint density at radius 1 is 1.07 bits per heavy atom. The van der Waals surface area contributed by atoms with E-state index in [-0.39, 0.29) is 6.04 Å². The largest absolute Gasteiger partial charge is 0.480 e. The van der Waals surface area contributed by atoms with E-state index in [0.29, 0.717) is 22.4 Å². The van der Waals surface area contributed by atoms with Crippen molar-refractivity contribution in [3.05, 3.63) is 69.2 Å². The lowest BCUT2D eigenvalue weighted by Crippen LogP contribution is -2.46. The quantitative estimate of drug-likeness (QED) is 0.648. The zero-order valence-electron chi connectivity index (χ0n) is 15.7. The minimum Gasteiger partial charge on any atom is -0.480 e. The van der Waals surface area contributed by atoms with Crippen molar-refractivity contribution in [2.24, 2.45) is 0 Å². The van der Waals surface area contributed by atoms with Gasteiger partial charge in [-0.3, -0.25) is 9.69 Å². The van der Waals surface area contributed by atoms with E-state index >= 15 is 0 Å². The number of hydrogen-bond acceptors (Lipinski definition) is 2. The lowest BCUT2D eigenvalue weighted by Gasteiger charge is -2.40. The average Bonchev–Trinajstić information content (AvgIpc) is 2.66. The van der Waals surface area contributed by atoms with Crippen molar-refractivity contribution < 1.29 is 9.90 Å². The Hall–Kier alpha value is -1.55. The molecule has 0 spiro atoms. The fourth-order valence-electron chi connectivity index (χ4n) is 3.87. The molecule has 27 heavy (non-hydrogen) atoms. The molecular weight excluding hydrogens is 381 g/mol. The number of carboxylic acid groups (broad SMARTS) is 1. The highest BCUT2D eigenvalue weighted by atomic mass is 35.5. The van der Waals surface area contributed by atoms with Gasteiger partial charge in [0.25, 0.3) is 0 Å². The number of nitrogens with zero attached hydrogens (tertiary/aromatic N) is 1. The van der Waals surface area contributed by atoms with Crippen LogP contribution in [0.2, 0.25) is 10.0 Å². The molecule has 0 aliphatic carbocycles. The molecule has 1 N–H and O–H groups in total. The number of rotatable bonds is 5. The zero-order chi connectivity index (χ0) is 19.6. The molecule has 3 nitrogen and oxygen atoms in total. The number of hydrogen-bond donors (Lipinski definition) is 1. The van der Waals surface area contributed by atoms with Crippen molar-refractivity contribution in [1.29, 1.82) is 0 Å². The van der Waals surface area contributed by atoms with Gasteiger partial charge in [0, 0.05) is 0 Å². The Labute approximate surface area is 170 Å². The summed E-state index contributed by atoms with van der Waals surface area (Å²) in [6, 6.07) is 13.2. The summed E-state index contributed by atoms with van der Waals surface area (Å²) in [5, 5.41) is 10.8. The van der Waals surface area contributed by atoms with Crippen LogP contribution in [0.15, 0.2) is 42.5 Å². The Kier molecular flexibility index (Phi) is 6.46. The van der Waals surface area contributed by atoms with Crippen LogP contribution in [0.1, 0.15) is 61.8 Å². The molecule has 2 atom stereocenters. The molecule has 5 heteroatoms. The van der Waals surface area contributed by atoms with E-state index in [0.717, 1.165) is 30.5 Å². The third kappa shape index (κ3) is 4.31. The smallest absolute Gasteiger partial charge is 0.320 e. The molecule has 0 radical (unpaired) electrons. The van der Waals surface area contributed by atoms with Crippen molar-refractivity contribution in [1.82, 2.24) is 4.90 Å². The predicted molar refractivity (Wildman–Crippen MR) is 111 cm³/mol. The third-order valence-electron chi connectivity index (χ3n) is 5.36. The number of piperidine rings is 1. The Morgan fingerprint density at radius 2 is 1.74 bits per heavy atom. The number of aliphatic carboxylic acids is 1. The van der Waals surface area contributed by atoms with Crippen LogP contribution in [0.4, 0.5) is 0 Å². The third-order valence-corrected chi connectivity index (χ3v) is 6.19. The summed E-state index contributed by atoms with van der Waals surface area (Å²) in [6.07, 6.45) is 2.55. The summed E-state index contributed by atoms with van der Waals surface area (Å²) < 4.78 is 0. The summed E-state index contributed by atoms with van der Waals surface area (Å²) in [5.74, 6) is -0.342. The van der Waals surface area contributed by atoms with E-state index < -0.39 is 12.0 Å². The molecule has 1 aliphatic rings. The highest BCUT2D eigenvalue weighted by Gasteiger charge is 2.36. The van der Waals surface area contributed by atoms with Gasteiger partial charge in [-0.05, 0) is 48.1 Å². The van der Waals surface area contributed by atoms with Gasteiger partial charge in [0.1, 0.15) is 6.04 Å². The molecule has 0 amide bonds. The average molecular weight is 406 g/mol. The Bertz CT molecular complexity index is 804. The van der Waals surface area contributed by atoms with E-state index in [2.05, 4.69) is 43.0 Å². The van der Waals surface area contributed by atoms with Gasteiger partial charge in [-0.15, -0.1) is 0 Å². The Balaban J connectivity index is 2.11. The maximum atomic E-state index is 11.9.